The molecule has 1 aliphatic rings. The second kappa shape index (κ2) is 15.6. The lowest BCUT2D eigenvalue weighted by Crippen LogP contribution is -2.61. The van der Waals surface area contributed by atoms with Gasteiger partial charge < -0.3 is 33.5 Å². The standard InChI is InChI=1S/C35H38O7/c1-37-30-19-17-29(18-20-30)24-41-35-34(40-23-28-15-9-4-10-16-28)33(39-22-27-13-7-3-8-14-27)32(36)31(42-35)25-38-21-26-11-5-2-6-12-26/h2-20,31-36H,21-25H2,1H3/t31-,32-,33+,34-,35-/m1/s1. The highest BCUT2D eigenvalue weighted by Gasteiger charge is 2.47. The second-order valence-electron chi connectivity index (χ2n) is 10.2. The van der Waals surface area contributed by atoms with Crippen molar-refractivity contribution in [2.75, 3.05) is 13.7 Å². The van der Waals surface area contributed by atoms with Gasteiger partial charge in [0.2, 0.25) is 0 Å². The van der Waals surface area contributed by atoms with Crippen molar-refractivity contribution in [2.45, 2.75) is 57.1 Å². The average molecular weight is 571 g/mol. The number of benzene rings is 4. The summed E-state index contributed by atoms with van der Waals surface area (Å²) in [7, 11) is 1.64. The van der Waals surface area contributed by atoms with Crippen molar-refractivity contribution >= 4 is 0 Å². The smallest absolute Gasteiger partial charge is 0.187 e. The highest BCUT2D eigenvalue weighted by Crippen LogP contribution is 2.30. The van der Waals surface area contributed by atoms with Gasteiger partial charge in [-0.25, -0.2) is 0 Å². The van der Waals surface area contributed by atoms with Gasteiger partial charge in [0.15, 0.2) is 6.29 Å². The third-order valence-electron chi connectivity index (χ3n) is 7.16. The quantitative estimate of drug-likeness (QED) is 0.209. The molecule has 1 aliphatic heterocycles. The van der Waals surface area contributed by atoms with Gasteiger partial charge in [-0.3, -0.25) is 0 Å². The zero-order valence-electron chi connectivity index (χ0n) is 23.8. The van der Waals surface area contributed by atoms with E-state index in [9.17, 15) is 5.11 Å². The number of aliphatic hydroxyl groups is 1. The first kappa shape index (κ1) is 29.9. The molecule has 0 bridgehead atoms. The highest BCUT2D eigenvalue weighted by molar-refractivity contribution is 5.26. The van der Waals surface area contributed by atoms with Gasteiger partial charge in [-0.05, 0) is 34.4 Å². The summed E-state index contributed by atoms with van der Waals surface area (Å²) >= 11 is 0. The number of rotatable bonds is 14. The molecule has 1 N–H and O–H groups in total. The maximum absolute atomic E-state index is 11.6. The van der Waals surface area contributed by atoms with E-state index in [1.807, 2.05) is 115 Å². The molecule has 0 unspecified atom stereocenters. The Kier molecular flexibility index (Phi) is 11.1. The zero-order chi connectivity index (χ0) is 29.0. The van der Waals surface area contributed by atoms with E-state index in [1.54, 1.807) is 7.11 Å². The van der Waals surface area contributed by atoms with E-state index >= 15 is 0 Å². The molecule has 1 fully saturated rings. The Morgan fingerprint density at radius 1 is 0.571 bits per heavy atom. The minimum absolute atomic E-state index is 0.162. The van der Waals surface area contributed by atoms with Crippen molar-refractivity contribution in [3.05, 3.63) is 138 Å². The molecule has 42 heavy (non-hydrogen) atoms. The molecule has 5 atom stereocenters. The molecular weight excluding hydrogens is 532 g/mol. The third kappa shape index (κ3) is 8.49. The Balaban J connectivity index is 1.34. The van der Waals surface area contributed by atoms with E-state index in [2.05, 4.69) is 0 Å². The lowest BCUT2D eigenvalue weighted by atomic mass is 9.98. The molecular formula is C35H38O7. The lowest BCUT2D eigenvalue weighted by molar-refractivity contribution is -0.324. The first-order chi connectivity index (χ1) is 20.7. The summed E-state index contributed by atoms with van der Waals surface area (Å²) in [6.45, 7) is 1.45. The number of hydrogen-bond donors (Lipinski definition) is 1. The van der Waals surface area contributed by atoms with Crippen LogP contribution in [0.3, 0.4) is 0 Å². The van der Waals surface area contributed by atoms with Crippen LogP contribution in [0.2, 0.25) is 0 Å². The van der Waals surface area contributed by atoms with Crippen LogP contribution in [0.4, 0.5) is 0 Å². The lowest BCUT2D eigenvalue weighted by Gasteiger charge is -2.44. The van der Waals surface area contributed by atoms with Gasteiger partial charge in [0.1, 0.15) is 30.2 Å². The van der Waals surface area contributed by atoms with Crippen LogP contribution in [0.25, 0.3) is 0 Å². The third-order valence-corrected chi connectivity index (χ3v) is 7.16. The van der Waals surface area contributed by atoms with Crippen molar-refractivity contribution in [2.24, 2.45) is 0 Å². The Bertz CT molecular complexity index is 1300. The molecule has 7 nitrogen and oxygen atoms in total. The van der Waals surface area contributed by atoms with Gasteiger partial charge in [-0.1, -0.05) is 103 Å². The minimum Gasteiger partial charge on any atom is -0.497 e. The molecule has 5 rings (SSSR count). The largest absolute Gasteiger partial charge is 0.497 e. The van der Waals surface area contributed by atoms with Crippen molar-refractivity contribution in [3.8, 4) is 5.75 Å². The van der Waals surface area contributed by atoms with E-state index < -0.39 is 30.7 Å². The Morgan fingerprint density at radius 2 is 1.05 bits per heavy atom. The normalized spacial score (nSPS) is 22.1. The topological polar surface area (TPSA) is 75.6 Å². The van der Waals surface area contributed by atoms with Gasteiger partial charge in [0.05, 0.1) is 40.1 Å². The minimum atomic E-state index is -1.01. The predicted octanol–water partition coefficient (Wildman–Crippen LogP) is 5.69. The molecule has 0 aromatic heterocycles. The SMILES string of the molecule is COc1ccc(CO[C@@H]2O[C@H](COCc3ccccc3)[C@@H](O)[C@H](OCc3ccccc3)[C@H]2OCc2ccccc2)cc1. The molecule has 1 saturated heterocycles. The molecule has 0 saturated carbocycles. The molecule has 0 amide bonds. The predicted molar refractivity (Wildman–Crippen MR) is 159 cm³/mol. The Morgan fingerprint density at radius 3 is 1.60 bits per heavy atom. The Labute approximate surface area is 247 Å². The molecule has 4 aromatic carbocycles. The second-order valence-corrected chi connectivity index (χ2v) is 10.2. The van der Waals surface area contributed by atoms with Crippen LogP contribution < -0.4 is 4.74 Å². The highest BCUT2D eigenvalue weighted by atomic mass is 16.7. The van der Waals surface area contributed by atoms with Crippen LogP contribution >= 0.6 is 0 Å². The maximum Gasteiger partial charge on any atom is 0.187 e. The van der Waals surface area contributed by atoms with Gasteiger partial charge in [0.25, 0.3) is 0 Å². The molecule has 4 aromatic rings. The number of ether oxygens (including phenoxy) is 6. The molecule has 0 aliphatic carbocycles. The van der Waals surface area contributed by atoms with Crippen molar-refractivity contribution in [1.29, 1.82) is 0 Å². The van der Waals surface area contributed by atoms with Crippen LogP contribution in [-0.2, 0) is 50.1 Å². The van der Waals surface area contributed by atoms with E-state index in [-0.39, 0.29) is 13.2 Å². The fraction of sp³-hybridized carbons (Fsp3) is 0.314. The summed E-state index contributed by atoms with van der Waals surface area (Å²) in [4.78, 5) is 0. The maximum atomic E-state index is 11.6. The van der Waals surface area contributed by atoms with Crippen LogP contribution in [0.1, 0.15) is 22.3 Å². The molecule has 220 valence electrons. The van der Waals surface area contributed by atoms with E-state index in [4.69, 9.17) is 28.4 Å². The van der Waals surface area contributed by atoms with E-state index in [0.29, 0.717) is 19.8 Å². The molecule has 7 heteroatoms. The van der Waals surface area contributed by atoms with Gasteiger partial charge in [0, 0.05) is 0 Å². The van der Waals surface area contributed by atoms with Gasteiger partial charge in [-0.15, -0.1) is 0 Å². The van der Waals surface area contributed by atoms with Crippen LogP contribution in [0.15, 0.2) is 115 Å². The van der Waals surface area contributed by atoms with Crippen LogP contribution in [0, 0.1) is 0 Å². The van der Waals surface area contributed by atoms with E-state index in [1.165, 1.54) is 0 Å². The monoisotopic (exact) mass is 570 g/mol. The molecule has 0 radical (unpaired) electrons. The zero-order valence-corrected chi connectivity index (χ0v) is 23.8. The number of hydrogen-bond acceptors (Lipinski definition) is 7. The molecule has 0 spiro atoms. The van der Waals surface area contributed by atoms with Crippen molar-refractivity contribution in [3.63, 3.8) is 0 Å². The Hall–Kier alpha value is -3.56. The summed E-state index contributed by atoms with van der Waals surface area (Å²) in [5.74, 6) is 0.768. The summed E-state index contributed by atoms with van der Waals surface area (Å²) < 4.78 is 36.8. The first-order valence-electron chi connectivity index (χ1n) is 14.2. The van der Waals surface area contributed by atoms with Crippen LogP contribution in [0.5, 0.6) is 5.75 Å². The summed E-state index contributed by atoms with van der Waals surface area (Å²) in [5, 5.41) is 11.6. The van der Waals surface area contributed by atoms with Crippen LogP contribution in [-0.4, -0.2) is 49.5 Å². The van der Waals surface area contributed by atoms with E-state index in [0.717, 1.165) is 28.0 Å². The number of methoxy groups -OCH3 is 1. The van der Waals surface area contributed by atoms with Gasteiger partial charge in [-0.2, -0.15) is 0 Å². The van der Waals surface area contributed by atoms with Crippen molar-refractivity contribution < 1.29 is 33.5 Å². The number of aliphatic hydroxyl groups excluding tert-OH is 1. The average Bonchev–Trinajstić information content (AvgIpc) is 3.05. The summed E-state index contributed by atoms with van der Waals surface area (Å²) in [5.41, 5.74) is 3.98. The summed E-state index contributed by atoms with van der Waals surface area (Å²) in [6.07, 6.45) is -3.94. The fourth-order valence-corrected chi connectivity index (χ4v) is 4.83. The first-order valence-corrected chi connectivity index (χ1v) is 14.2. The van der Waals surface area contributed by atoms with Crippen molar-refractivity contribution in [1.82, 2.24) is 0 Å². The summed E-state index contributed by atoms with van der Waals surface area (Å²) in [6, 6.07) is 37.3. The fourth-order valence-electron chi connectivity index (χ4n) is 4.83. The molecule has 1 heterocycles. The van der Waals surface area contributed by atoms with Gasteiger partial charge >= 0.3 is 0 Å².